The number of aliphatic hydroxyl groups excluding tert-OH is 1. The van der Waals surface area contributed by atoms with Crippen LogP contribution < -0.4 is 0 Å². The van der Waals surface area contributed by atoms with Crippen LogP contribution in [-0.4, -0.2) is 47.7 Å². The van der Waals surface area contributed by atoms with E-state index in [1.54, 1.807) is 13.0 Å². The van der Waals surface area contributed by atoms with Gasteiger partial charge < -0.3 is 19.3 Å². The van der Waals surface area contributed by atoms with Crippen molar-refractivity contribution in [2.75, 3.05) is 6.61 Å². The van der Waals surface area contributed by atoms with Crippen molar-refractivity contribution in [2.45, 2.75) is 70.6 Å². The van der Waals surface area contributed by atoms with Gasteiger partial charge in [0.15, 0.2) is 0 Å². The zero-order valence-electron chi connectivity index (χ0n) is 14.7. The minimum Gasteiger partial charge on any atom is -0.456 e. The number of esters is 1. The second-order valence-corrected chi connectivity index (χ2v) is 8.14. The zero-order chi connectivity index (χ0) is 17.3. The second-order valence-electron chi connectivity index (χ2n) is 8.14. The molecule has 0 radical (unpaired) electrons. The number of rotatable bonds is 2. The molecule has 5 nitrogen and oxygen atoms in total. The van der Waals surface area contributed by atoms with Crippen LogP contribution in [0.15, 0.2) is 23.8 Å². The van der Waals surface area contributed by atoms with Crippen molar-refractivity contribution in [3.8, 4) is 0 Å². The fraction of sp³-hybridized carbons (Fsp3) is 0.737. The molecule has 1 N–H and O–H groups in total. The molecule has 0 amide bonds. The number of aliphatic hydroxyl groups is 1. The molecule has 2 aliphatic carbocycles. The third-order valence-electron chi connectivity index (χ3n) is 7.11. The molecule has 24 heavy (non-hydrogen) atoms. The minimum atomic E-state index is -0.872. The first kappa shape index (κ1) is 16.3. The Morgan fingerprint density at radius 3 is 2.79 bits per heavy atom. The van der Waals surface area contributed by atoms with Crippen LogP contribution in [0.2, 0.25) is 0 Å². The molecule has 1 saturated carbocycles. The van der Waals surface area contributed by atoms with E-state index in [0.717, 1.165) is 12.8 Å². The lowest BCUT2D eigenvalue weighted by atomic mass is 9.52. The van der Waals surface area contributed by atoms with Gasteiger partial charge in [0.2, 0.25) is 0 Å². The average Bonchev–Trinajstić information content (AvgIpc) is 3.30. The van der Waals surface area contributed by atoms with Gasteiger partial charge in [-0.15, -0.1) is 0 Å². The highest BCUT2D eigenvalue weighted by Gasteiger charge is 2.84. The van der Waals surface area contributed by atoms with Crippen LogP contribution in [0.5, 0.6) is 0 Å². The van der Waals surface area contributed by atoms with E-state index in [9.17, 15) is 9.90 Å². The summed E-state index contributed by atoms with van der Waals surface area (Å²) < 4.78 is 18.0. The number of hydrogen-bond donors (Lipinski definition) is 1. The van der Waals surface area contributed by atoms with E-state index >= 15 is 0 Å². The quantitative estimate of drug-likeness (QED) is 0.363. The topological polar surface area (TPSA) is 68.3 Å². The van der Waals surface area contributed by atoms with Crippen LogP contribution in [-0.2, 0) is 19.0 Å². The number of allylic oxidation sites excluding steroid dienone is 2. The molecule has 7 atom stereocenters. The van der Waals surface area contributed by atoms with Gasteiger partial charge in [0.1, 0.15) is 23.9 Å². The fourth-order valence-electron chi connectivity index (χ4n) is 5.37. The molecule has 0 unspecified atom stereocenters. The Labute approximate surface area is 142 Å². The lowest BCUT2D eigenvalue weighted by molar-refractivity contribution is -0.210. The summed E-state index contributed by atoms with van der Waals surface area (Å²) in [7, 11) is 0. The molecule has 1 spiro atoms. The highest BCUT2D eigenvalue weighted by atomic mass is 16.6. The molecule has 0 aromatic rings. The smallest absolute Gasteiger partial charge is 0.330 e. The van der Waals surface area contributed by atoms with Crippen molar-refractivity contribution in [1.82, 2.24) is 0 Å². The third-order valence-corrected chi connectivity index (χ3v) is 7.11. The Morgan fingerprint density at radius 1 is 1.46 bits per heavy atom. The molecule has 2 bridgehead atoms. The summed E-state index contributed by atoms with van der Waals surface area (Å²) >= 11 is 0. The number of hydrogen-bond acceptors (Lipinski definition) is 5. The van der Waals surface area contributed by atoms with E-state index in [4.69, 9.17) is 14.2 Å². The Bertz CT molecular complexity index is 634. The average molecular weight is 334 g/mol. The highest BCUT2D eigenvalue weighted by molar-refractivity contribution is 5.82. The van der Waals surface area contributed by atoms with Crippen LogP contribution in [0.25, 0.3) is 0 Å². The third kappa shape index (κ3) is 1.73. The SMILES string of the molecule is C/C=C\C(=O)O[C@@H]1[C@@H](O)[C@H]2O[C@@H]3C=C(C)CC[C@]3(C)[C@]1(C)[C@]21CO1. The van der Waals surface area contributed by atoms with Gasteiger partial charge in [-0.1, -0.05) is 31.6 Å². The number of ether oxygens (including phenoxy) is 3. The predicted octanol–water partition coefficient (Wildman–Crippen LogP) is 2.14. The van der Waals surface area contributed by atoms with E-state index in [0.29, 0.717) is 6.61 Å². The number of carbonyl (C=O) groups excluding carboxylic acids is 1. The molecule has 2 heterocycles. The summed E-state index contributed by atoms with van der Waals surface area (Å²) in [6.07, 6.45) is 5.09. The Morgan fingerprint density at radius 2 is 2.17 bits per heavy atom. The summed E-state index contributed by atoms with van der Waals surface area (Å²) in [5, 5.41) is 10.9. The molecule has 0 aromatic carbocycles. The lowest BCUT2D eigenvalue weighted by Crippen LogP contribution is -2.63. The largest absolute Gasteiger partial charge is 0.456 e. The van der Waals surface area contributed by atoms with Crippen molar-refractivity contribution in [3.05, 3.63) is 23.8 Å². The van der Waals surface area contributed by atoms with Crippen LogP contribution >= 0.6 is 0 Å². The van der Waals surface area contributed by atoms with Crippen LogP contribution in [0.4, 0.5) is 0 Å². The summed E-state index contributed by atoms with van der Waals surface area (Å²) in [5.41, 5.74) is 0.0295. The van der Waals surface area contributed by atoms with Crippen molar-refractivity contribution in [1.29, 1.82) is 0 Å². The molecule has 0 aromatic heterocycles. The van der Waals surface area contributed by atoms with E-state index in [1.165, 1.54) is 11.6 Å². The second kappa shape index (κ2) is 4.93. The summed E-state index contributed by atoms with van der Waals surface area (Å²) in [6.45, 7) is 8.74. The van der Waals surface area contributed by atoms with Crippen LogP contribution in [0, 0.1) is 10.8 Å². The van der Waals surface area contributed by atoms with Crippen molar-refractivity contribution in [2.24, 2.45) is 10.8 Å². The minimum absolute atomic E-state index is 0.0869. The van der Waals surface area contributed by atoms with Crippen molar-refractivity contribution in [3.63, 3.8) is 0 Å². The maximum absolute atomic E-state index is 12.1. The highest BCUT2D eigenvalue weighted by Crippen LogP contribution is 2.71. The summed E-state index contributed by atoms with van der Waals surface area (Å²) in [6, 6.07) is 0. The molecule has 2 saturated heterocycles. The first-order chi connectivity index (χ1) is 11.3. The fourth-order valence-corrected chi connectivity index (χ4v) is 5.37. The monoisotopic (exact) mass is 334 g/mol. The van der Waals surface area contributed by atoms with Gasteiger partial charge in [-0.05, 0) is 26.7 Å². The number of fused-ring (bicyclic) bond motifs is 2. The van der Waals surface area contributed by atoms with E-state index in [-0.39, 0.29) is 11.5 Å². The molecule has 132 valence electrons. The normalized spacial score (nSPS) is 52.3. The van der Waals surface area contributed by atoms with Gasteiger partial charge in [0.05, 0.1) is 12.7 Å². The van der Waals surface area contributed by atoms with E-state index in [1.807, 2.05) is 0 Å². The van der Waals surface area contributed by atoms with Gasteiger partial charge in [-0.3, -0.25) is 0 Å². The summed E-state index contributed by atoms with van der Waals surface area (Å²) in [4.78, 5) is 12.1. The molecule has 3 fully saturated rings. The molecular weight excluding hydrogens is 308 g/mol. The summed E-state index contributed by atoms with van der Waals surface area (Å²) in [5.74, 6) is -0.422. The lowest BCUT2D eigenvalue weighted by Gasteiger charge is -2.57. The molecule has 2 aliphatic heterocycles. The van der Waals surface area contributed by atoms with Crippen molar-refractivity contribution < 1.29 is 24.1 Å². The van der Waals surface area contributed by atoms with Gasteiger partial charge >= 0.3 is 5.97 Å². The maximum atomic E-state index is 12.1. The predicted molar refractivity (Wildman–Crippen MR) is 87.2 cm³/mol. The molecule has 4 rings (SSSR count). The molecular formula is C19H26O5. The Hall–Kier alpha value is -1.17. The standard InChI is InChI=1S/C19H26O5/c1-5-6-13(20)24-15-14(21)16-19(10-22-19)18(15,4)17(3)8-7-11(2)9-12(17)23-16/h5-6,9,12,14-16,21H,7-8,10H2,1-4H3/b6-5-/t12-,14-,15-,16-,17+,18-,19+/m1/s1. The number of carbonyl (C=O) groups is 1. The van der Waals surface area contributed by atoms with Gasteiger partial charge in [0.25, 0.3) is 0 Å². The van der Waals surface area contributed by atoms with Gasteiger partial charge in [-0.2, -0.15) is 0 Å². The van der Waals surface area contributed by atoms with Crippen molar-refractivity contribution >= 4 is 5.97 Å². The maximum Gasteiger partial charge on any atom is 0.330 e. The zero-order valence-corrected chi connectivity index (χ0v) is 14.7. The van der Waals surface area contributed by atoms with E-state index in [2.05, 4.69) is 26.8 Å². The number of epoxide rings is 1. The molecule has 5 heteroatoms. The van der Waals surface area contributed by atoms with E-state index < -0.39 is 35.3 Å². The molecule has 4 aliphatic rings. The van der Waals surface area contributed by atoms with Crippen LogP contribution in [0.3, 0.4) is 0 Å². The first-order valence-electron chi connectivity index (χ1n) is 8.78. The van der Waals surface area contributed by atoms with Crippen LogP contribution in [0.1, 0.15) is 40.5 Å². The van der Waals surface area contributed by atoms with Gasteiger partial charge in [0, 0.05) is 16.9 Å². The Balaban J connectivity index is 1.80. The first-order valence-corrected chi connectivity index (χ1v) is 8.78. The van der Waals surface area contributed by atoms with Gasteiger partial charge in [-0.25, -0.2) is 4.79 Å². The Kier molecular flexibility index (Phi) is 3.35.